The van der Waals surface area contributed by atoms with E-state index in [9.17, 15) is 9.59 Å². The molecule has 5 heteroatoms. The van der Waals surface area contributed by atoms with E-state index >= 15 is 0 Å². The number of aliphatic carboxylic acids is 1. The number of carboxylic acid groups (broad SMARTS) is 1. The van der Waals surface area contributed by atoms with E-state index in [0.717, 1.165) is 10.0 Å². The summed E-state index contributed by atoms with van der Waals surface area (Å²) in [5.74, 6) is -0.984. The van der Waals surface area contributed by atoms with Crippen molar-refractivity contribution >= 4 is 33.9 Å². The molecule has 0 spiro atoms. The predicted octanol–water partition coefficient (Wildman–Crippen LogP) is 2.79. The molecule has 1 amide bonds. The van der Waals surface area contributed by atoms with Crippen LogP contribution in [0.25, 0.3) is 6.08 Å². The molecule has 0 aromatic heterocycles. The zero-order valence-electron chi connectivity index (χ0n) is 11.2. The Bertz CT molecular complexity index is 553. The zero-order valence-corrected chi connectivity index (χ0v) is 12.8. The first kappa shape index (κ1) is 14.8. The van der Waals surface area contributed by atoms with Crippen LogP contribution >= 0.6 is 15.9 Å². The molecule has 1 saturated heterocycles. The Balaban J connectivity index is 1.99. The lowest BCUT2D eigenvalue weighted by atomic mass is 9.90. The molecule has 1 N–H and O–H groups in total. The maximum Gasteiger partial charge on any atom is 0.311 e. The van der Waals surface area contributed by atoms with Crippen LogP contribution < -0.4 is 0 Å². The molecule has 106 valence electrons. The Morgan fingerprint density at radius 1 is 1.35 bits per heavy atom. The molecular weight excluding hydrogens is 322 g/mol. The van der Waals surface area contributed by atoms with Gasteiger partial charge in [0.15, 0.2) is 0 Å². The number of carbonyl (C=O) groups excluding carboxylic acids is 1. The first-order valence-electron chi connectivity index (χ1n) is 6.37. The van der Waals surface area contributed by atoms with Gasteiger partial charge in [-0.15, -0.1) is 0 Å². The number of carboxylic acids is 1. The van der Waals surface area contributed by atoms with E-state index in [0.29, 0.717) is 13.0 Å². The number of amides is 1. The van der Waals surface area contributed by atoms with E-state index in [-0.39, 0.29) is 12.5 Å². The fourth-order valence-corrected chi connectivity index (χ4v) is 2.43. The first-order chi connectivity index (χ1) is 9.40. The van der Waals surface area contributed by atoms with Crippen LogP contribution in [-0.4, -0.2) is 35.0 Å². The van der Waals surface area contributed by atoms with Gasteiger partial charge in [-0.2, -0.15) is 0 Å². The van der Waals surface area contributed by atoms with E-state index in [1.807, 2.05) is 24.3 Å². The Morgan fingerprint density at radius 2 is 2.00 bits per heavy atom. The van der Waals surface area contributed by atoms with Crippen LogP contribution in [-0.2, 0) is 9.59 Å². The summed E-state index contributed by atoms with van der Waals surface area (Å²) in [6, 6.07) is 7.61. The van der Waals surface area contributed by atoms with Gasteiger partial charge in [0.2, 0.25) is 5.91 Å². The number of benzene rings is 1. The van der Waals surface area contributed by atoms with Gasteiger partial charge < -0.3 is 10.0 Å². The second kappa shape index (κ2) is 5.79. The normalized spacial score (nSPS) is 22.4. The number of hydrogen-bond acceptors (Lipinski definition) is 2. The Morgan fingerprint density at radius 3 is 2.55 bits per heavy atom. The highest BCUT2D eigenvalue weighted by Crippen LogP contribution is 2.30. The van der Waals surface area contributed by atoms with Gasteiger partial charge in [-0.3, -0.25) is 9.59 Å². The largest absolute Gasteiger partial charge is 0.481 e. The smallest absolute Gasteiger partial charge is 0.311 e. The summed E-state index contributed by atoms with van der Waals surface area (Å²) in [7, 11) is 0. The number of halogens is 1. The average Bonchev–Trinajstić information content (AvgIpc) is 2.82. The van der Waals surface area contributed by atoms with Crippen molar-refractivity contribution in [3.8, 4) is 0 Å². The summed E-state index contributed by atoms with van der Waals surface area (Å²) in [6.45, 7) is 2.44. The molecule has 0 aliphatic carbocycles. The quantitative estimate of drug-likeness (QED) is 0.863. The third-order valence-corrected chi connectivity index (χ3v) is 4.12. The van der Waals surface area contributed by atoms with Crippen molar-refractivity contribution in [2.45, 2.75) is 13.3 Å². The maximum absolute atomic E-state index is 12.0. The van der Waals surface area contributed by atoms with Gasteiger partial charge >= 0.3 is 5.97 Å². The highest BCUT2D eigenvalue weighted by molar-refractivity contribution is 9.10. The molecule has 20 heavy (non-hydrogen) atoms. The van der Waals surface area contributed by atoms with E-state index in [1.165, 1.54) is 6.08 Å². The zero-order chi connectivity index (χ0) is 14.8. The Kier molecular flexibility index (Phi) is 4.28. The molecule has 1 fully saturated rings. The van der Waals surface area contributed by atoms with Crippen LogP contribution in [0.15, 0.2) is 34.8 Å². The third kappa shape index (κ3) is 3.28. The lowest BCUT2D eigenvalue weighted by molar-refractivity contribution is -0.147. The van der Waals surface area contributed by atoms with E-state index in [4.69, 9.17) is 5.11 Å². The number of rotatable bonds is 3. The van der Waals surface area contributed by atoms with Gasteiger partial charge in [0.05, 0.1) is 5.41 Å². The standard InChI is InChI=1S/C15H16BrNO3/c1-15(14(19)20)8-9-17(10-15)13(18)7-4-11-2-5-12(16)6-3-11/h2-7H,8-10H2,1H3,(H,19,20). The number of likely N-dealkylation sites (tertiary alicyclic amines) is 1. The molecule has 2 rings (SSSR count). The van der Waals surface area contributed by atoms with Crippen molar-refractivity contribution < 1.29 is 14.7 Å². The van der Waals surface area contributed by atoms with Gasteiger partial charge in [-0.25, -0.2) is 0 Å². The lowest BCUT2D eigenvalue weighted by Crippen LogP contribution is -2.34. The topological polar surface area (TPSA) is 57.6 Å². The monoisotopic (exact) mass is 337 g/mol. The predicted molar refractivity (Wildman–Crippen MR) is 80.1 cm³/mol. The molecule has 1 unspecified atom stereocenters. The van der Waals surface area contributed by atoms with Gasteiger partial charge in [0, 0.05) is 23.6 Å². The fraction of sp³-hybridized carbons (Fsp3) is 0.333. The molecule has 1 aliphatic heterocycles. The first-order valence-corrected chi connectivity index (χ1v) is 7.16. The van der Waals surface area contributed by atoms with E-state index in [1.54, 1.807) is 17.9 Å². The molecule has 1 aromatic rings. The van der Waals surface area contributed by atoms with E-state index in [2.05, 4.69) is 15.9 Å². The summed E-state index contributed by atoms with van der Waals surface area (Å²) in [5, 5.41) is 9.15. The summed E-state index contributed by atoms with van der Waals surface area (Å²) < 4.78 is 0.984. The molecule has 1 aliphatic rings. The number of carbonyl (C=O) groups is 2. The van der Waals surface area contributed by atoms with Gasteiger partial charge in [0.25, 0.3) is 0 Å². The number of hydrogen-bond donors (Lipinski definition) is 1. The number of nitrogens with zero attached hydrogens (tertiary/aromatic N) is 1. The van der Waals surface area contributed by atoms with Crippen molar-refractivity contribution in [1.82, 2.24) is 4.90 Å². The van der Waals surface area contributed by atoms with Crippen molar-refractivity contribution in [2.75, 3.05) is 13.1 Å². The second-order valence-electron chi connectivity index (χ2n) is 5.26. The van der Waals surface area contributed by atoms with Crippen LogP contribution in [0.2, 0.25) is 0 Å². The SMILES string of the molecule is CC1(C(=O)O)CCN(C(=O)C=Cc2ccc(Br)cc2)C1. The Hall–Kier alpha value is -1.62. The third-order valence-electron chi connectivity index (χ3n) is 3.59. The molecular formula is C15H16BrNO3. The highest BCUT2D eigenvalue weighted by atomic mass is 79.9. The summed E-state index contributed by atoms with van der Waals surface area (Å²) in [6.07, 6.45) is 3.74. The van der Waals surface area contributed by atoms with Crippen LogP contribution in [0.1, 0.15) is 18.9 Å². The minimum absolute atomic E-state index is 0.141. The van der Waals surface area contributed by atoms with Crippen molar-refractivity contribution in [2.24, 2.45) is 5.41 Å². The van der Waals surface area contributed by atoms with Crippen molar-refractivity contribution in [1.29, 1.82) is 0 Å². The minimum Gasteiger partial charge on any atom is -0.481 e. The second-order valence-corrected chi connectivity index (χ2v) is 6.18. The van der Waals surface area contributed by atoms with Crippen LogP contribution in [0.4, 0.5) is 0 Å². The van der Waals surface area contributed by atoms with Gasteiger partial charge in [0.1, 0.15) is 0 Å². The molecule has 1 atom stereocenters. The van der Waals surface area contributed by atoms with Crippen molar-refractivity contribution in [3.05, 3.63) is 40.4 Å². The molecule has 0 radical (unpaired) electrons. The van der Waals surface area contributed by atoms with Crippen LogP contribution in [0, 0.1) is 5.41 Å². The molecule has 1 aromatic carbocycles. The van der Waals surface area contributed by atoms with Crippen LogP contribution in [0.3, 0.4) is 0 Å². The Labute approximate surface area is 126 Å². The summed E-state index contributed by atoms with van der Waals surface area (Å²) in [4.78, 5) is 24.8. The lowest BCUT2D eigenvalue weighted by Gasteiger charge is -2.18. The van der Waals surface area contributed by atoms with Gasteiger partial charge in [-0.05, 0) is 37.1 Å². The average molecular weight is 338 g/mol. The highest BCUT2D eigenvalue weighted by Gasteiger charge is 2.41. The molecule has 4 nitrogen and oxygen atoms in total. The summed E-state index contributed by atoms with van der Waals surface area (Å²) in [5.41, 5.74) is 0.114. The maximum atomic E-state index is 12.0. The van der Waals surface area contributed by atoms with Crippen LogP contribution in [0.5, 0.6) is 0 Å². The fourth-order valence-electron chi connectivity index (χ4n) is 2.17. The minimum atomic E-state index is -0.843. The molecule has 0 saturated carbocycles. The van der Waals surface area contributed by atoms with Gasteiger partial charge in [-0.1, -0.05) is 28.1 Å². The van der Waals surface area contributed by atoms with Crippen molar-refractivity contribution in [3.63, 3.8) is 0 Å². The van der Waals surface area contributed by atoms with E-state index < -0.39 is 11.4 Å². The molecule has 0 bridgehead atoms. The summed E-state index contributed by atoms with van der Waals surface area (Å²) >= 11 is 3.35. The molecule has 1 heterocycles.